The van der Waals surface area contributed by atoms with Crippen LogP contribution in [0.5, 0.6) is 0 Å². The summed E-state index contributed by atoms with van der Waals surface area (Å²) in [6.45, 7) is 3.96. The van der Waals surface area contributed by atoms with Crippen LogP contribution in [0.4, 0.5) is 0 Å². The third-order valence-electron chi connectivity index (χ3n) is 2.09. The van der Waals surface area contributed by atoms with Gasteiger partial charge >= 0.3 is 0 Å². The molecule has 10 heavy (non-hydrogen) atoms. The smallest absolute Gasteiger partial charge is 0.0873 e. The summed E-state index contributed by atoms with van der Waals surface area (Å²) < 4.78 is 5.13. The van der Waals surface area contributed by atoms with Gasteiger partial charge in [0.05, 0.1) is 24.9 Å². The van der Waals surface area contributed by atoms with Gasteiger partial charge in [-0.05, 0) is 13.8 Å². The summed E-state index contributed by atoms with van der Waals surface area (Å²) in [4.78, 5) is 0. The summed E-state index contributed by atoms with van der Waals surface area (Å²) in [5.41, 5.74) is 0. The van der Waals surface area contributed by atoms with Crippen molar-refractivity contribution >= 4 is 0 Å². The molecule has 60 valence electrons. The van der Waals surface area contributed by atoms with E-state index in [1.54, 1.807) is 6.92 Å². The minimum Gasteiger partial charge on any atom is -0.393 e. The Labute approximate surface area is 60.6 Å². The molecular formula is C7H14O3. The van der Waals surface area contributed by atoms with Gasteiger partial charge in [-0.2, -0.15) is 0 Å². The molecule has 1 heterocycles. The van der Waals surface area contributed by atoms with Crippen molar-refractivity contribution < 1.29 is 14.9 Å². The molecule has 0 spiro atoms. The molecule has 4 unspecified atom stereocenters. The van der Waals surface area contributed by atoms with Crippen LogP contribution in [0.1, 0.15) is 13.8 Å². The first-order valence-corrected chi connectivity index (χ1v) is 3.60. The molecule has 1 fully saturated rings. The van der Waals surface area contributed by atoms with E-state index < -0.39 is 12.2 Å². The monoisotopic (exact) mass is 146 g/mol. The van der Waals surface area contributed by atoms with Gasteiger partial charge in [-0.1, -0.05) is 0 Å². The fourth-order valence-electron chi connectivity index (χ4n) is 1.23. The van der Waals surface area contributed by atoms with Crippen molar-refractivity contribution in [3.05, 3.63) is 0 Å². The first-order chi connectivity index (χ1) is 4.63. The minimum atomic E-state index is -0.500. The molecule has 0 aromatic heterocycles. The van der Waals surface area contributed by atoms with Crippen LogP contribution >= 0.6 is 0 Å². The molecular weight excluding hydrogens is 132 g/mol. The van der Waals surface area contributed by atoms with E-state index in [4.69, 9.17) is 9.84 Å². The van der Waals surface area contributed by atoms with Crippen LogP contribution < -0.4 is 0 Å². The summed E-state index contributed by atoms with van der Waals surface area (Å²) in [6, 6.07) is 0. The highest BCUT2D eigenvalue weighted by atomic mass is 16.5. The van der Waals surface area contributed by atoms with Crippen LogP contribution in [0.25, 0.3) is 0 Å². The Morgan fingerprint density at radius 1 is 1.60 bits per heavy atom. The maximum absolute atomic E-state index is 9.34. The highest BCUT2D eigenvalue weighted by Crippen LogP contribution is 2.22. The summed E-state index contributed by atoms with van der Waals surface area (Å²) in [6.07, 6.45) is -1.10. The number of aliphatic hydroxyl groups excluding tert-OH is 2. The summed E-state index contributed by atoms with van der Waals surface area (Å²) >= 11 is 0. The van der Waals surface area contributed by atoms with Gasteiger partial charge in [0.15, 0.2) is 0 Å². The highest BCUT2D eigenvalue weighted by molar-refractivity contribution is 4.83. The molecule has 4 atom stereocenters. The van der Waals surface area contributed by atoms with Crippen LogP contribution in [0.3, 0.4) is 0 Å². The zero-order chi connectivity index (χ0) is 7.72. The SMILES string of the molecule is CC(O)C1COC(C)C1O. The Hall–Kier alpha value is -0.120. The fraction of sp³-hybridized carbons (Fsp3) is 1.00. The van der Waals surface area contributed by atoms with E-state index in [0.717, 1.165) is 0 Å². The van der Waals surface area contributed by atoms with Crippen molar-refractivity contribution in [2.45, 2.75) is 32.2 Å². The average Bonchev–Trinajstić information content (AvgIpc) is 2.14. The molecule has 1 aliphatic rings. The van der Waals surface area contributed by atoms with E-state index in [9.17, 15) is 5.11 Å². The summed E-state index contributed by atoms with van der Waals surface area (Å²) in [5, 5.41) is 18.4. The number of rotatable bonds is 1. The second-order valence-electron chi connectivity index (χ2n) is 2.93. The van der Waals surface area contributed by atoms with Crippen molar-refractivity contribution in [3.63, 3.8) is 0 Å². The van der Waals surface area contributed by atoms with Gasteiger partial charge in [0.25, 0.3) is 0 Å². The highest BCUT2D eigenvalue weighted by Gasteiger charge is 2.35. The molecule has 0 bridgehead atoms. The molecule has 0 saturated carbocycles. The van der Waals surface area contributed by atoms with E-state index in [-0.39, 0.29) is 12.0 Å². The topological polar surface area (TPSA) is 49.7 Å². The van der Waals surface area contributed by atoms with E-state index in [2.05, 4.69) is 0 Å². The molecule has 1 saturated heterocycles. The zero-order valence-corrected chi connectivity index (χ0v) is 6.32. The molecule has 0 aromatic rings. The predicted molar refractivity (Wildman–Crippen MR) is 36.6 cm³/mol. The third kappa shape index (κ3) is 1.31. The number of hydrogen-bond acceptors (Lipinski definition) is 3. The first kappa shape index (κ1) is 7.98. The summed E-state index contributed by atoms with van der Waals surface area (Å²) in [5.74, 6) is -0.102. The predicted octanol–water partition coefficient (Wildman–Crippen LogP) is -0.237. The number of ether oxygens (including phenoxy) is 1. The van der Waals surface area contributed by atoms with Crippen LogP contribution in [0.2, 0.25) is 0 Å². The molecule has 1 rings (SSSR count). The van der Waals surface area contributed by atoms with Gasteiger partial charge in [-0.15, -0.1) is 0 Å². The van der Waals surface area contributed by atoms with E-state index >= 15 is 0 Å². The van der Waals surface area contributed by atoms with Crippen molar-refractivity contribution in [2.75, 3.05) is 6.61 Å². The molecule has 0 amide bonds. The van der Waals surface area contributed by atoms with Crippen LogP contribution in [-0.4, -0.2) is 35.1 Å². The number of aliphatic hydroxyl groups is 2. The average molecular weight is 146 g/mol. The zero-order valence-electron chi connectivity index (χ0n) is 6.32. The lowest BCUT2D eigenvalue weighted by molar-refractivity contribution is 0.0318. The summed E-state index contributed by atoms with van der Waals surface area (Å²) in [7, 11) is 0. The molecule has 2 N–H and O–H groups in total. The van der Waals surface area contributed by atoms with E-state index in [1.807, 2.05) is 6.92 Å². The second kappa shape index (κ2) is 2.86. The first-order valence-electron chi connectivity index (χ1n) is 3.60. The van der Waals surface area contributed by atoms with Crippen molar-refractivity contribution in [3.8, 4) is 0 Å². The van der Waals surface area contributed by atoms with Gasteiger partial charge in [0, 0.05) is 5.92 Å². The van der Waals surface area contributed by atoms with Gasteiger partial charge < -0.3 is 14.9 Å². The van der Waals surface area contributed by atoms with E-state index in [0.29, 0.717) is 6.61 Å². The Balaban J connectivity index is 2.49. The maximum atomic E-state index is 9.34. The Morgan fingerprint density at radius 2 is 2.20 bits per heavy atom. The van der Waals surface area contributed by atoms with Crippen molar-refractivity contribution in [2.24, 2.45) is 5.92 Å². The molecule has 0 radical (unpaired) electrons. The molecule has 1 aliphatic heterocycles. The fourth-order valence-corrected chi connectivity index (χ4v) is 1.23. The molecule has 0 aliphatic carbocycles. The second-order valence-corrected chi connectivity index (χ2v) is 2.93. The normalized spacial score (nSPS) is 43.8. The largest absolute Gasteiger partial charge is 0.393 e. The Bertz CT molecular complexity index is 113. The third-order valence-corrected chi connectivity index (χ3v) is 2.09. The van der Waals surface area contributed by atoms with Gasteiger partial charge in [0.2, 0.25) is 0 Å². The Morgan fingerprint density at radius 3 is 2.40 bits per heavy atom. The molecule has 0 aromatic carbocycles. The van der Waals surface area contributed by atoms with Crippen LogP contribution in [0, 0.1) is 5.92 Å². The van der Waals surface area contributed by atoms with Gasteiger partial charge in [-0.25, -0.2) is 0 Å². The lowest BCUT2D eigenvalue weighted by Crippen LogP contribution is -2.31. The maximum Gasteiger partial charge on any atom is 0.0873 e. The van der Waals surface area contributed by atoms with Crippen LogP contribution in [-0.2, 0) is 4.74 Å². The van der Waals surface area contributed by atoms with Crippen molar-refractivity contribution in [1.82, 2.24) is 0 Å². The number of hydrogen-bond donors (Lipinski definition) is 2. The minimum absolute atomic E-state index is 0.102. The van der Waals surface area contributed by atoms with E-state index in [1.165, 1.54) is 0 Å². The molecule has 3 nitrogen and oxygen atoms in total. The quantitative estimate of drug-likeness (QED) is 0.537. The Kier molecular flexibility index (Phi) is 2.28. The lowest BCUT2D eigenvalue weighted by Gasteiger charge is -2.16. The van der Waals surface area contributed by atoms with Crippen molar-refractivity contribution in [1.29, 1.82) is 0 Å². The van der Waals surface area contributed by atoms with Gasteiger partial charge in [-0.3, -0.25) is 0 Å². The van der Waals surface area contributed by atoms with Gasteiger partial charge in [0.1, 0.15) is 0 Å². The lowest BCUT2D eigenvalue weighted by atomic mass is 9.98. The van der Waals surface area contributed by atoms with Crippen LogP contribution in [0.15, 0.2) is 0 Å². The standard InChI is InChI=1S/C7H14O3/c1-4(8)6-3-10-5(2)7(6)9/h4-9H,3H2,1-2H3. The molecule has 3 heteroatoms.